The zero-order chi connectivity index (χ0) is 22.1. The fourth-order valence-corrected chi connectivity index (χ4v) is 5.45. The standard InChI is InChI=1S/C24H18N2O4S2/c1-15-20(23(28)30-14-16-7-3-2-4-8-16)21(18-10-6-12-31-18)26-22(27)19(32-24(26)25-15)13-17-9-5-11-29-17/h2-13,21H,14H2,1H3/b19-13-/t21-/m1/s1. The molecule has 32 heavy (non-hydrogen) atoms. The number of aromatic nitrogens is 1. The highest BCUT2D eigenvalue weighted by atomic mass is 32.1. The van der Waals surface area contributed by atoms with Crippen molar-refractivity contribution in [2.75, 3.05) is 0 Å². The maximum absolute atomic E-state index is 13.4. The molecule has 160 valence electrons. The van der Waals surface area contributed by atoms with Crippen LogP contribution in [0.2, 0.25) is 0 Å². The Hall–Kier alpha value is -3.49. The molecule has 1 aliphatic heterocycles. The molecule has 0 N–H and O–H groups in total. The van der Waals surface area contributed by atoms with Gasteiger partial charge in [0.05, 0.1) is 22.1 Å². The van der Waals surface area contributed by atoms with E-state index >= 15 is 0 Å². The highest BCUT2D eigenvalue weighted by molar-refractivity contribution is 7.10. The van der Waals surface area contributed by atoms with Crippen molar-refractivity contribution in [1.29, 1.82) is 0 Å². The molecule has 4 heterocycles. The molecule has 0 unspecified atom stereocenters. The lowest BCUT2D eigenvalue weighted by Crippen LogP contribution is -2.39. The smallest absolute Gasteiger partial charge is 0.338 e. The minimum Gasteiger partial charge on any atom is -0.465 e. The first-order valence-electron chi connectivity index (χ1n) is 9.92. The summed E-state index contributed by atoms with van der Waals surface area (Å²) in [6.45, 7) is 1.93. The average molecular weight is 463 g/mol. The van der Waals surface area contributed by atoms with E-state index in [2.05, 4.69) is 4.99 Å². The van der Waals surface area contributed by atoms with Gasteiger partial charge >= 0.3 is 5.97 Å². The topological polar surface area (TPSA) is 73.8 Å². The molecule has 0 saturated heterocycles. The Labute approximate surface area is 191 Å². The number of thiazole rings is 1. The number of hydrogen-bond donors (Lipinski definition) is 0. The lowest BCUT2D eigenvalue weighted by Gasteiger charge is -2.23. The third-order valence-corrected chi connectivity index (χ3v) is 6.99. The Morgan fingerprint density at radius 3 is 2.75 bits per heavy atom. The number of fused-ring (bicyclic) bond motifs is 1. The van der Waals surface area contributed by atoms with E-state index in [0.717, 1.165) is 10.4 Å². The second-order valence-electron chi connectivity index (χ2n) is 7.17. The number of benzene rings is 1. The van der Waals surface area contributed by atoms with Crippen molar-refractivity contribution >= 4 is 34.7 Å². The van der Waals surface area contributed by atoms with Gasteiger partial charge < -0.3 is 9.15 Å². The van der Waals surface area contributed by atoms with Gasteiger partial charge in [-0.1, -0.05) is 47.7 Å². The summed E-state index contributed by atoms with van der Waals surface area (Å²) in [6, 6.07) is 16.3. The SMILES string of the molecule is CC1=C(C(=O)OCc2ccccc2)[C@@H](c2cccs2)n2c(s/c(=C\c3ccco3)c2=O)=N1. The fourth-order valence-electron chi connectivity index (χ4n) is 3.60. The average Bonchev–Trinajstić information content (AvgIpc) is 3.55. The number of carbonyl (C=O) groups is 1. The van der Waals surface area contributed by atoms with Gasteiger partial charge in [0.1, 0.15) is 18.4 Å². The van der Waals surface area contributed by atoms with Crippen molar-refractivity contribution in [3.8, 4) is 0 Å². The third kappa shape index (κ3) is 3.79. The Balaban J connectivity index is 1.59. The third-order valence-electron chi connectivity index (χ3n) is 5.08. The van der Waals surface area contributed by atoms with Crippen LogP contribution in [0.5, 0.6) is 0 Å². The van der Waals surface area contributed by atoms with Crippen LogP contribution in [0.15, 0.2) is 91.7 Å². The van der Waals surface area contributed by atoms with Gasteiger partial charge in [-0.25, -0.2) is 9.79 Å². The van der Waals surface area contributed by atoms with Crippen LogP contribution in [0.3, 0.4) is 0 Å². The second kappa shape index (κ2) is 8.57. The molecule has 0 radical (unpaired) electrons. The van der Waals surface area contributed by atoms with Crippen molar-refractivity contribution in [3.05, 3.63) is 113 Å². The molecule has 1 aliphatic rings. The summed E-state index contributed by atoms with van der Waals surface area (Å²) in [7, 11) is 0. The predicted octanol–water partition coefficient (Wildman–Crippen LogP) is 3.63. The van der Waals surface area contributed by atoms with E-state index in [1.54, 1.807) is 36.0 Å². The maximum atomic E-state index is 13.4. The number of rotatable bonds is 5. The molecule has 0 aliphatic carbocycles. The van der Waals surface area contributed by atoms with Crippen LogP contribution in [0.25, 0.3) is 6.08 Å². The van der Waals surface area contributed by atoms with E-state index in [0.29, 0.717) is 26.4 Å². The first-order chi connectivity index (χ1) is 15.6. The first-order valence-corrected chi connectivity index (χ1v) is 11.6. The molecule has 0 amide bonds. The van der Waals surface area contributed by atoms with E-state index < -0.39 is 12.0 Å². The fraction of sp³-hybridized carbons (Fsp3) is 0.125. The van der Waals surface area contributed by atoms with Crippen molar-refractivity contribution in [1.82, 2.24) is 4.57 Å². The summed E-state index contributed by atoms with van der Waals surface area (Å²) in [5.41, 5.74) is 1.60. The van der Waals surface area contributed by atoms with Crippen molar-refractivity contribution in [3.63, 3.8) is 0 Å². The summed E-state index contributed by atoms with van der Waals surface area (Å²) in [4.78, 5) is 32.6. The van der Waals surface area contributed by atoms with Crippen LogP contribution in [-0.2, 0) is 16.1 Å². The van der Waals surface area contributed by atoms with Crippen LogP contribution in [0, 0.1) is 0 Å². The number of allylic oxidation sites excluding steroid dienone is 1. The van der Waals surface area contributed by atoms with Gasteiger partial charge in [0.25, 0.3) is 5.56 Å². The highest BCUT2D eigenvalue weighted by Crippen LogP contribution is 2.33. The molecule has 6 nitrogen and oxygen atoms in total. The van der Waals surface area contributed by atoms with Crippen molar-refractivity contribution < 1.29 is 13.9 Å². The molecular weight excluding hydrogens is 444 g/mol. The van der Waals surface area contributed by atoms with Crippen LogP contribution >= 0.6 is 22.7 Å². The molecule has 3 aromatic heterocycles. The maximum Gasteiger partial charge on any atom is 0.338 e. The van der Waals surface area contributed by atoms with E-state index in [1.807, 2.05) is 47.8 Å². The van der Waals surface area contributed by atoms with Crippen molar-refractivity contribution in [2.45, 2.75) is 19.6 Å². The van der Waals surface area contributed by atoms with Gasteiger partial charge in [0.15, 0.2) is 4.80 Å². The Morgan fingerprint density at radius 2 is 2.03 bits per heavy atom. The van der Waals surface area contributed by atoms with E-state index in [1.165, 1.54) is 22.7 Å². The van der Waals surface area contributed by atoms with Crippen LogP contribution in [0.1, 0.15) is 29.2 Å². The minimum absolute atomic E-state index is 0.149. The Morgan fingerprint density at radius 1 is 1.19 bits per heavy atom. The molecule has 1 atom stereocenters. The Kier molecular flexibility index (Phi) is 5.46. The summed E-state index contributed by atoms with van der Waals surface area (Å²) < 4.78 is 13.1. The number of nitrogens with zero attached hydrogens (tertiary/aromatic N) is 2. The Bertz CT molecular complexity index is 1460. The van der Waals surface area contributed by atoms with E-state index in [-0.39, 0.29) is 12.2 Å². The number of thiophene rings is 1. The second-order valence-corrected chi connectivity index (χ2v) is 9.16. The van der Waals surface area contributed by atoms with Gasteiger partial charge in [-0.3, -0.25) is 9.36 Å². The number of carbonyl (C=O) groups excluding carboxylic acids is 1. The lowest BCUT2D eigenvalue weighted by molar-refractivity contribution is -0.140. The molecule has 8 heteroatoms. The molecule has 0 fully saturated rings. The normalized spacial score (nSPS) is 16.0. The van der Waals surface area contributed by atoms with E-state index in [9.17, 15) is 9.59 Å². The zero-order valence-electron chi connectivity index (χ0n) is 17.1. The van der Waals surface area contributed by atoms with Gasteiger partial charge in [-0.2, -0.15) is 0 Å². The van der Waals surface area contributed by atoms with Gasteiger partial charge in [0.2, 0.25) is 0 Å². The van der Waals surface area contributed by atoms with Crippen LogP contribution in [0.4, 0.5) is 0 Å². The quantitative estimate of drug-likeness (QED) is 0.425. The van der Waals surface area contributed by atoms with Crippen molar-refractivity contribution in [2.24, 2.45) is 4.99 Å². The van der Waals surface area contributed by atoms with E-state index in [4.69, 9.17) is 9.15 Å². The minimum atomic E-state index is -0.590. The monoisotopic (exact) mass is 462 g/mol. The zero-order valence-corrected chi connectivity index (χ0v) is 18.7. The molecule has 1 aromatic carbocycles. The predicted molar refractivity (Wildman–Crippen MR) is 123 cm³/mol. The number of furan rings is 1. The highest BCUT2D eigenvalue weighted by Gasteiger charge is 2.34. The molecule has 4 aromatic rings. The first kappa shape index (κ1) is 20.4. The molecule has 5 rings (SSSR count). The van der Waals surface area contributed by atoms with Gasteiger partial charge in [-0.05, 0) is 36.1 Å². The summed E-state index contributed by atoms with van der Waals surface area (Å²) in [6.07, 6.45) is 3.25. The summed E-state index contributed by atoms with van der Waals surface area (Å²) in [5, 5.41) is 1.93. The number of hydrogen-bond acceptors (Lipinski definition) is 7. The van der Waals surface area contributed by atoms with Crippen LogP contribution in [-0.4, -0.2) is 10.5 Å². The van der Waals surface area contributed by atoms with Gasteiger partial charge in [0, 0.05) is 11.0 Å². The lowest BCUT2D eigenvalue weighted by atomic mass is 10.0. The molecular formula is C24H18N2O4S2. The number of esters is 1. The molecule has 0 bridgehead atoms. The van der Waals surface area contributed by atoms with Gasteiger partial charge in [-0.15, -0.1) is 11.3 Å². The summed E-state index contributed by atoms with van der Waals surface area (Å²) >= 11 is 2.76. The molecule has 0 spiro atoms. The van der Waals surface area contributed by atoms with Crippen LogP contribution < -0.4 is 14.9 Å². The largest absolute Gasteiger partial charge is 0.465 e. The summed E-state index contributed by atoms with van der Waals surface area (Å²) in [5.74, 6) is 0.106. The molecule has 0 saturated carbocycles. The number of ether oxygens (including phenoxy) is 1.